The number of rotatable bonds is 2. The Kier molecular flexibility index (Phi) is 2.96. The Hall–Kier alpha value is -1.02. The van der Waals surface area contributed by atoms with E-state index in [-0.39, 0.29) is 5.91 Å². The zero-order chi connectivity index (χ0) is 10.8. The van der Waals surface area contributed by atoms with Crippen LogP contribution in [0.3, 0.4) is 0 Å². The molecule has 1 heterocycles. The minimum atomic E-state index is 0.185. The molecule has 0 aromatic heterocycles. The van der Waals surface area contributed by atoms with Crippen molar-refractivity contribution < 1.29 is 4.79 Å². The molecule has 1 fully saturated rings. The Balaban J connectivity index is 2.18. The van der Waals surface area contributed by atoms with Gasteiger partial charge in [-0.3, -0.25) is 4.79 Å². The minimum Gasteiger partial charge on any atom is -0.312 e. The van der Waals surface area contributed by atoms with Gasteiger partial charge in [-0.25, -0.2) is 0 Å². The number of hydrogen-bond donors (Lipinski definition) is 0. The highest BCUT2D eigenvalue weighted by atomic mass is 35.5. The summed E-state index contributed by atoms with van der Waals surface area (Å²) in [7, 11) is 0. The molecule has 1 atom stereocenters. The first-order valence-electron chi connectivity index (χ1n) is 5.13. The number of carbonyl (C=O) groups is 1. The van der Waals surface area contributed by atoms with Gasteiger partial charge in [-0.15, -0.1) is 11.6 Å². The fourth-order valence-corrected chi connectivity index (χ4v) is 2.07. The van der Waals surface area contributed by atoms with Crippen LogP contribution in [0.1, 0.15) is 12.0 Å². The largest absolute Gasteiger partial charge is 0.312 e. The zero-order valence-electron chi connectivity index (χ0n) is 8.74. The maximum absolute atomic E-state index is 11.7. The van der Waals surface area contributed by atoms with Gasteiger partial charge in [0.1, 0.15) is 0 Å². The van der Waals surface area contributed by atoms with Gasteiger partial charge in [0.2, 0.25) is 5.91 Å². The van der Waals surface area contributed by atoms with E-state index < -0.39 is 0 Å². The van der Waals surface area contributed by atoms with Gasteiger partial charge in [0.25, 0.3) is 0 Å². The van der Waals surface area contributed by atoms with Gasteiger partial charge in [0.15, 0.2) is 0 Å². The molecule has 3 heteroatoms. The number of anilines is 1. The Bertz CT molecular complexity index is 360. The topological polar surface area (TPSA) is 20.3 Å². The van der Waals surface area contributed by atoms with E-state index in [1.807, 2.05) is 36.1 Å². The fourth-order valence-electron chi connectivity index (χ4n) is 1.86. The van der Waals surface area contributed by atoms with Crippen LogP contribution < -0.4 is 4.90 Å². The first-order chi connectivity index (χ1) is 7.20. The van der Waals surface area contributed by atoms with E-state index in [9.17, 15) is 4.79 Å². The molecular formula is C12H14ClNO. The lowest BCUT2D eigenvalue weighted by Gasteiger charge is -2.16. The summed E-state index contributed by atoms with van der Waals surface area (Å²) in [5.74, 6) is 1.05. The molecule has 0 bridgehead atoms. The van der Waals surface area contributed by atoms with Crippen LogP contribution in [0.25, 0.3) is 0 Å². The standard InChI is InChI=1S/C12H14ClNO/c1-9-2-4-11(5-3-9)14-8-10(7-13)6-12(14)15/h2-5,10H,6-8H2,1H3. The average Bonchev–Trinajstić information content (AvgIpc) is 2.61. The van der Waals surface area contributed by atoms with Crippen LogP contribution in [0.4, 0.5) is 5.69 Å². The Morgan fingerprint density at radius 1 is 1.40 bits per heavy atom. The van der Waals surface area contributed by atoms with Crippen LogP contribution in [0.2, 0.25) is 0 Å². The molecule has 1 saturated heterocycles. The van der Waals surface area contributed by atoms with Gasteiger partial charge in [0.05, 0.1) is 0 Å². The number of carbonyl (C=O) groups excluding carboxylic acids is 1. The molecule has 1 amide bonds. The Morgan fingerprint density at radius 2 is 2.07 bits per heavy atom. The molecule has 0 spiro atoms. The van der Waals surface area contributed by atoms with E-state index in [4.69, 9.17) is 11.6 Å². The fraction of sp³-hybridized carbons (Fsp3) is 0.417. The van der Waals surface area contributed by atoms with Crippen molar-refractivity contribution in [2.24, 2.45) is 5.92 Å². The summed E-state index contributed by atoms with van der Waals surface area (Å²) < 4.78 is 0. The molecule has 1 aliphatic rings. The summed E-state index contributed by atoms with van der Waals surface area (Å²) >= 11 is 5.77. The van der Waals surface area contributed by atoms with Crippen LogP contribution in [0.5, 0.6) is 0 Å². The second-order valence-corrected chi connectivity index (χ2v) is 4.37. The smallest absolute Gasteiger partial charge is 0.227 e. The van der Waals surface area contributed by atoms with Crippen molar-refractivity contribution in [2.45, 2.75) is 13.3 Å². The number of alkyl halides is 1. The number of aryl methyl sites for hydroxylation is 1. The van der Waals surface area contributed by atoms with E-state index in [1.165, 1.54) is 5.56 Å². The van der Waals surface area contributed by atoms with Gasteiger partial charge < -0.3 is 4.90 Å². The van der Waals surface area contributed by atoms with Crippen molar-refractivity contribution in [3.63, 3.8) is 0 Å². The molecule has 1 aliphatic heterocycles. The molecule has 0 aliphatic carbocycles. The second kappa shape index (κ2) is 4.23. The van der Waals surface area contributed by atoms with Crippen molar-refractivity contribution in [2.75, 3.05) is 17.3 Å². The number of halogens is 1. The lowest BCUT2D eigenvalue weighted by molar-refractivity contribution is -0.117. The highest BCUT2D eigenvalue weighted by Gasteiger charge is 2.29. The van der Waals surface area contributed by atoms with Crippen molar-refractivity contribution in [1.29, 1.82) is 0 Å². The third-order valence-corrected chi connectivity index (χ3v) is 3.21. The van der Waals surface area contributed by atoms with Crippen LogP contribution in [-0.4, -0.2) is 18.3 Å². The van der Waals surface area contributed by atoms with Crippen LogP contribution >= 0.6 is 11.6 Å². The normalized spacial score (nSPS) is 21.1. The van der Waals surface area contributed by atoms with Gasteiger partial charge >= 0.3 is 0 Å². The number of amides is 1. The molecule has 15 heavy (non-hydrogen) atoms. The molecule has 2 nitrogen and oxygen atoms in total. The van der Waals surface area contributed by atoms with E-state index in [0.29, 0.717) is 18.2 Å². The summed E-state index contributed by atoms with van der Waals surface area (Å²) in [4.78, 5) is 13.5. The summed E-state index contributed by atoms with van der Waals surface area (Å²) in [6.45, 7) is 2.79. The highest BCUT2D eigenvalue weighted by molar-refractivity contribution is 6.18. The molecule has 80 valence electrons. The maximum atomic E-state index is 11.7. The monoisotopic (exact) mass is 223 g/mol. The molecule has 1 aromatic carbocycles. The lowest BCUT2D eigenvalue weighted by Crippen LogP contribution is -2.24. The van der Waals surface area contributed by atoms with Gasteiger partial charge in [-0.05, 0) is 25.0 Å². The minimum absolute atomic E-state index is 0.185. The predicted octanol–water partition coefficient (Wildman–Crippen LogP) is 2.59. The summed E-state index contributed by atoms with van der Waals surface area (Å²) in [6, 6.07) is 8.03. The first kappa shape index (κ1) is 10.5. The first-order valence-corrected chi connectivity index (χ1v) is 5.67. The molecule has 0 saturated carbocycles. The third kappa shape index (κ3) is 2.15. The maximum Gasteiger partial charge on any atom is 0.227 e. The van der Waals surface area contributed by atoms with Crippen molar-refractivity contribution in [3.8, 4) is 0 Å². The lowest BCUT2D eigenvalue weighted by atomic mass is 10.1. The molecule has 0 N–H and O–H groups in total. The zero-order valence-corrected chi connectivity index (χ0v) is 9.50. The van der Waals surface area contributed by atoms with E-state index in [0.717, 1.165) is 12.2 Å². The van der Waals surface area contributed by atoms with E-state index in [1.54, 1.807) is 0 Å². The molecule has 2 rings (SSSR count). The van der Waals surface area contributed by atoms with Gasteiger partial charge in [-0.2, -0.15) is 0 Å². The van der Waals surface area contributed by atoms with Crippen LogP contribution in [0.15, 0.2) is 24.3 Å². The van der Waals surface area contributed by atoms with Crippen molar-refractivity contribution >= 4 is 23.2 Å². The quantitative estimate of drug-likeness (QED) is 0.706. The van der Waals surface area contributed by atoms with Crippen molar-refractivity contribution in [3.05, 3.63) is 29.8 Å². The SMILES string of the molecule is Cc1ccc(N2CC(CCl)CC2=O)cc1. The molecular weight excluding hydrogens is 210 g/mol. The molecule has 1 unspecified atom stereocenters. The summed E-state index contributed by atoms with van der Waals surface area (Å²) in [5, 5.41) is 0. The number of benzene rings is 1. The van der Waals surface area contributed by atoms with Crippen LogP contribution in [0, 0.1) is 12.8 Å². The second-order valence-electron chi connectivity index (χ2n) is 4.06. The van der Waals surface area contributed by atoms with E-state index in [2.05, 4.69) is 0 Å². The Labute approximate surface area is 94.8 Å². The highest BCUT2D eigenvalue weighted by Crippen LogP contribution is 2.25. The summed E-state index contributed by atoms with van der Waals surface area (Å²) in [6.07, 6.45) is 0.581. The van der Waals surface area contributed by atoms with Gasteiger partial charge in [0, 0.05) is 24.5 Å². The number of hydrogen-bond acceptors (Lipinski definition) is 1. The predicted molar refractivity (Wildman–Crippen MR) is 62.4 cm³/mol. The van der Waals surface area contributed by atoms with Crippen molar-refractivity contribution in [1.82, 2.24) is 0 Å². The van der Waals surface area contributed by atoms with Crippen LogP contribution in [-0.2, 0) is 4.79 Å². The number of nitrogens with zero attached hydrogens (tertiary/aromatic N) is 1. The Morgan fingerprint density at radius 3 is 2.60 bits per heavy atom. The van der Waals surface area contributed by atoms with Gasteiger partial charge in [-0.1, -0.05) is 17.7 Å². The summed E-state index contributed by atoms with van der Waals surface area (Å²) in [5.41, 5.74) is 2.19. The third-order valence-electron chi connectivity index (χ3n) is 2.77. The van der Waals surface area contributed by atoms with E-state index >= 15 is 0 Å². The molecule has 1 aromatic rings. The average molecular weight is 224 g/mol. The molecule has 0 radical (unpaired) electrons.